The van der Waals surface area contributed by atoms with Crippen LogP contribution < -0.4 is 14.8 Å². The highest BCUT2D eigenvalue weighted by molar-refractivity contribution is 9.10. The molecule has 0 saturated carbocycles. The maximum atomic E-state index is 12.2. The highest BCUT2D eigenvalue weighted by atomic mass is 79.9. The number of rotatable bonds is 2. The molecule has 1 amide bonds. The zero-order chi connectivity index (χ0) is 14.1. The fourth-order valence-electron chi connectivity index (χ4n) is 1.87. The number of benzene rings is 2. The Bertz CT molecular complexity index is 690. The van der Waals surface area contributed by atoms with Gasteiger partial charge in [0.1, 0.15) is 0 Å². The summed E-state index contributed by atoms with van der Waals surface area (Å²) >= 11 is 7.64. The number of halogens is 1. The van der Waals surface area contributed by atoms with E-state index in [1.807, 2.05) is 0 Å². The van der Waals surface area contributed by atoms with E-state index in [0.717, 1.165) is 4.47 Å². The number of anilines is 1. The lowest BCUT2D eigenvalue weighted by molar-refractivity contribution is 0.102. The summed E-state index contributed by atoms with van der Waals surface area (Å²) in [7, 11) is 0. The minimum absolute atomic E-state index is 0.209. The molecule has 0 spiro atoms. The fourth-order valence-corrected chi connectivity index (χ4v) is 2.72. The first-order valence-electron chi connectivity index (χ1n) is 5.83. The van der Waals surface area contributed by atoms with Gasteiger partial charge >= 0.3 is 0 Å². The molecular formula is C14H10BrNO3S. The van der Waals surface area contributed by atoms with E-state index >= 15 is 0 Å². The third kappa shape index (κ3) is 2.62. The van der Waals surface area contributed by atoms with Crippen molar-refractivity contribution in [2.45, 2.75) is 4.90 Å². The van der Waals surface area contributed by atoms with Gasteiger partial charge in [-0.2, -0.15) is 0 Å². The SMILES string of the molecule is O=C(Nc1ccc2c(c1)OCO2)c1ccc(Br)cc1S. The number of fused-ring (bicyclic) bond motifs is 1. The van der Waals surface area contributed by atoms with Crippen molar-refractivity contribution in [2.24, 2.45) is 0 Å². The molecule has 4 nitrogen and oxygen atoms in total. The summed E-state index contributed by atoms with van der Waals surface area (Å²) in [5.41, 5.74) is 1.16. The first-order chi connectivity index (χ1) is 9.63. The van der Waals surface area contributed by atoms with Crippen molar-refractivity contribution in [3.8, 4) is 11.5 Å². The third-order valence-electron chi connectivity index (χ3n) is 2.83. The number of hydrogen-bond acceptors (Lipinski definition) is 4. The molecule has 1 aliphatic rings. The molecule has 0 fully saturated rings. The number of hydrogen-bond donors (Lipinski definition) is 2. The molecule has 2 aromatic carbocycles. The molecule has 0 saturated heterocycles. The van der Waals surface area contributed by atoms with Gasteiger partial charge in [0, 0.05) is 21.1 Å². The normalized spacial score (nSPS) is 12.3. The van der Waals surface area contributed by atoms with Gasteiger partial charge in [0.25, 0.3) is 5.91 Å². The molecule has 0 aliphatic carbocycles. The molecule has 1 N–H and O–H groups in total. The maximum absolute atomic E-state index is 12.2. The Morgan fingerprint density at radius 2 is 1.95 bits per heavy atom. The van der Waals surface area contributed by atoms with Crippen LogP contribution in [0.4, 0.5) is 5.69 Å². The van der Waals surface area contributed by atoms with E-state index in [-0.39, 0.29) is 12.7 Å². The van der Waals surface area contributed by atoms with Crippen molar-refractivity contribution in [3.63, 3.8) is 0 Å². The van der Waals surface area contributed by atoms with Crippen LogP contribution in [-0.2, 0) is 0 Å². The van der Waals surface area contributed by atoms with Crippen LogP contribution in [0, 0.1) is 0 Å². The maximum Gasteiger partial charge on any atom is 0.256 e. The Kier molecular flexibility index (Phi) is 3.58. The van der Waals surface area contributed by atoms with Gasteiger partial charge in [0.2, 0.25) is 6.79 Å². The Labute approximate surface area is 129 Å². The van der Waals surface area contributed by atoms with Gasteiger partial charge < -0.3 is 14.8 Å². The molecule has 3 rings (SSSR count). The van der Waals surface area contributed by atoms with Crippen LogP contribution >= 0.6 is 28.6 Å². The minimum Gasteiger partial charge on any atom is -0.454 e. The number of carbonyl (C=O) groups excluding carboxylic acids is 1. The summed E-state index contributed by atoms with van der Waals surface area (Å²) < 4.78 is 11.4. The lowest BCUT2D eigenvalue weighted by atomic mass is 10.2. The molecule has 1 aliphatic heterocycles. The van der Waals surface area contributed by atoms with E-state index in [1.165, 1.54) is 0 Å². The Balaban J connectivity index is 1.82. The molecular weight excluding hydrogens is 342 g/mol. The molecule has 0 radical (unpaired) electrons. The lowest BCUT2D eigenvalue weighted by Crippen LogP contribution is -2.12. The van der Waals surface area contributed by atoms with E-state index in [4.69, 9.17) is 9.47 Å². The number of amides is 1. The molecule has 0 aromatic heterocycles. The first-order valence-corrected chi connectivity index (χ1v) is 7.07. The van der Waals surface area contributed by atoms with Crippen LogP contribution in [-0.4, -0.2) is 12.7 Å². The van der Waals surface area contributed by atoms with E-state index in [0.29, 0.717) is 27.6 Å². The second-order valence-corrected chi connectivity index (χ2v) is 5.58. The second kappa shape index (κ2) is 5.38. The number of nitrogens with one attached hydrogen (secondary N) is 1. The lowest BCUT2D eigenvalue weighted by Gasteiger charge is -2.08. The van der Waals surface area contributed by atoms with Gasteiger partial charge in [-0.1, -0.05) is 15.9 Å². The van der Waals surface area contributed by atoms with Crippen LogP contribution in [0.2, 0.25) is 0 Å². The summed E-state index contributed by atoms with van der Waals surface area (Å²) in [5, 5.41) is 2.81. The highest BCUT2D eigenvalue weighted by Gasteiger charge is 2.15. The van der Waals surface area contributed by atoms with Crippen LogP contribution in [0.5, 0.6) is 11.5 Å². The van der Waals surface area contributed by atoms with Crippen LogP contribution in [0.3, 0.4) is 0 Å². The van der Waals surface area contributed by atoms with Crippen molar-refractivity contribution in [1.29, 1.82) is 0 Å². The van der Waals surface area contributed by atoms with Gasteiger partial charge in [0.15, 0.2) is 11.5 Å². The summed E-state index contributed by atoms with van der Waals surface area (Å²) in [6, 6.07) is 10.6. The number of carbonyl (C=O) groups is 1. The Hall–Kier alpha value is -1.66. The smallest absolute Gasteiger partial charge is 0.256 e. The average molecular weight is 352 g/mol. The topological polar surface area (TPSA) is 47.6 Å². The van der Waals surface area contributed by atoms with E-state index < -0.39 is 0 Å². The van der Waals surface area contributed by atoms with Crippen molar-refractivity contribution in [3.05, 3.63) is 46.4 Å². The van der Waals surface area contributed by atoms with Crippen molar-refractivity contribution in [2.75, 3.05) is 12.1 Å². The molecule has 2 aromatic rings. The van der Waals surface area contributed by atoms with E-state index in [1.54, 1.807) is 36.4 Å². The van der Waals surface area contributed by atoms with Gasteiger partial charge in [-0.15, -0.1) is 12.6 Å². The fraction of sp³-hybridized carbons (Fsp3) is 0.0714. The molecule has 0 unspecified atom stereocenters. The molecule has 20 heavy (non-hydrogen) atoms. The summed E-state index contributed by atoms with van der Waals surface area (Å²) in [5.74, 6) is 1.09. The Morgan fingerprint density at radius 3 is 2.75 bits per heavy atom. The minimum atomic E-state index is -0.221. The van der Waals surface area contributed by atoms with Gasteiger partial charge in [-0.3, -0.25) is 4.79 Å². The molecule has 0 bridgehead atoms. The predicted octanol–water partition coefficient (Wildman–Crippen LogP) is 3.72. The zero-order valence-electron chi connectivity index (χ0n) is 10.2. The van der Waals surface area contributed by atoms with Crippen LogP contribution in [0.25, 0.3) is 0 Å². The molecule has 0 atom stereocenters. The largest absolute Gasteiger partial charge is 0.454 e. The second-order valence-electron chi connectivity index (χ2n) is 4.18. The molecule has 102 valence electrons. The summed E-state index contributed by atoms with van der Waals surface area (Å²) in [6.07, 6.45) is 0. The average Bonchev–Trinajstić information content (AvgIpc) is 2.85. The third-order valence-corrected chi connectivity index (χ3v) is 3.70. The Morgan fingerprint density at radius 1 is 1.15 bits per heavy atom. The predicted molar refractivity (Wildman–Crippen MR) is 81.9 cm³/mol. The molecule has 1 heterocycles. The standard InChI is InChI=1S/C14H10BrNO3S/c15-8-1-3-10(13(20)5-8)14(17)16-9-2-4-11-12(6-9)19-7-18-11/h1-6,20H,7H2,(H,16,17). The van der Waals surface area contributed by atoms with E-state index in [9.17, 15) is 4.79 Å². The zero-order valence-corrected chi connectivity index (χ0v) is 12.7. The van der Waals surface area contributed by atoms with Gasteiger partial charge in [0.05, 0.1) is 5.56 Å². The van der Waals surface area contributed by atoms with Crippen molar-refractivity contribution >= 4 is 40.2 Å². The van der Waals surface area contributed by atoms with Crippen molar-refractivity contribution < 1.29 is 14.3 Å². The van der Waals surface area contributed by atoms with E-state index in [2.05, 4.69) is 33.9 Å². The monoisotopic (exact) mass is 351 g/mol. The summed E-state index contributed by atoms with van der Waals surface area (Å²) in [6.45, 7) is 0.209. The van der Waals surface area contributed by atoms with Gasteiger partial charge in [-0.05, 0) is 30.3 Å². The van der Waals surface area contributed by atoms with Crippen LogP contribution in [0.15, 0.2) is 45.8 Å². The first kappa shape index (κ1) is 13.3. The van der Waals surface area contributed by atoms with Crippen molar-refractivity contribution in [1.82, 2.24) is 0 Å². The number of thiol groups is 1. The van der Waals surface area contributed by atoms with Crippen LogP contribution in [0.1, 0.15) is 10.4 Å². The van der Waals surface area contributed by atoms with Gasteiger partial charge in [-0.25, -0.2) is 0 Å². The summed E-state index contributed by atoms with van der Waals surface area (Å²) in [4.78, 5) is 12.8. The quantitative estimate of drug-likeness (QED) is 0.810. The number of ether oxygens (including phenoxy) is 2. The highest BCUT2D eigenvalue weighted by Crippen LogP contribution is 2.34. The molecule has 6 heteroatoms.